The van der Waals surface area contributed by atoms with E-state index >= 15 is 0 Å². The largest absolute Gasteiger partial charge is 0.417 e. The Morgan fingerprint density at radius 2 is 1.94 bits per heavy atom. The Bertz CT molecular complexity index is 1020. The molecule has 2 aromatic rings. The van der Waals surface area contributed by atoms with Gasteiger partial charge in [0.2, 0.25) is 5.91 Å². The zero-order chi connectivity index (χ0) is 25.4. The lowest BCUT2D eigenvalue weighted by Crippen LogP contribution is -2.49. The average Bonchev–Trinajstić information content (AvgIpc) is 2.84. The number of ether oxygens (including phenoxy) is 2. The molecule has 1 saturated heterocycles. The molecule has 0 radical (unpaired) electrons. The van der Waals surface area contributed by atoms with E-state index in [9.17, 15) is 22.8 Å². The molecule has 3 heterocycles. The van der Waals surface area contributed by atoms with Gasteiger partial charge >= 0.3 is 6.18 Å². The average molecular weight is 499 g/mol. The minimum Gasteiger partial charge on any atom is -0.382 e. The summed E-state index contributed by atoms with van der Waals surface area (Å²) in [5, 5.41) is 9.32. The SMILES string of the molecule is COC[C@@H](COCCC(=O)N1CCN(c2ccc(C(F)(F)F)cn2)CC1)Nc1cn[nH]c(=O)c1C. The number of pyridine rings is 1. The number of nitrogens with one attached hydrogen (secondary N) is 2. The predicted octanol–water partition coefficient (Wildman–Crippen LogP) is 1.67. The molecule has 1 aliphatic rings. The number of hydrogen-bond donors (Lipinski definition) is 2. The maximum absolute atomic E-state index is 12.7. The van der Waals surface area contributed by atoms with E-state index < -0.39 is 11.7 Å². The van der Waals surface area contributed by atoms with E-state index in [0.29, 0.717) is 49.9 Å². The predicted molar refractivity (Wildman–Crippen MR) is 122 cm³/mol. The summed E-state index contributed by atoms with van der Waals surface area (Å²) >= 11 is 0. The van der Waals surface area contributed by atoms with Crippen LogP contribution in [0.1, 0.15) is 17.5 Å². The summed E-state index contributed by atoms with van der Waals surface area (Å²) in [6.07, 6.45) is -1.88. The quantitative estimate of drug-likeness (QED) is 0.476. The lowest BCUT2D eigenvalue weighted by molar-refractivity contribution is -0.138. The number of anilines is 2. The molecule has 1 aliphatic heterocycles. The van der Waals surface area contributed by atoms with Gasteiger partial charge in [0.1, 0.15) is 5.82 Å². The van der Waals surface area contributed by atoms with Crippen molar-refractivity contribution in [3.8, 4) is 0 Å². The van der Waals surface area contributed by atoms with Crippen molar-refractivity contribution < 1.29 is 27.4 Å². The zero-order valence-electron chi connectivity index (χ0n) is 19.6. The molecule has 10 nitrogen and oxygen atoms in total. The Balaban J connectivity index is 1.40. The molecule has 13 heteroatoms. The molecule has 3 rings (SSSR count). The molecule has 0 unspecified atom stereocenters. The first-order valence-electron chi connectivity index (χ1n) is 11.1. The van der Waals surface area contributed by atoms with Crippen molar-refractivity contribution in [2.45, 2.75) is 25.6 Å². The molecule has 0 bridgehead atoms. The third kappa shape index (κ3) is 7.39. The molecule has 0 aromatic carbocycles. The van der Waals surface area contributed by atoms with Crippen LogP contribution in [0.2, 0.25) is 0 Å². The number of halogens is 3. The van der Waals surface area contributed by atoms with Gasteiger partial charge < -0.3 is 24.6 Å². The Morgan fingerprint density at radius 3 is 2.57 bits per heavy atom. The fourth-order valence-corrected chi connectivity index (χ4v) is 3.63. The third-order valence-electron chi connectivity index (χ3n) is 5.64. The smallest absolute Gasteiger partial charge is 0.382 e. The highest BCUT2D eigenvalue weighted by Crippen LogP contribution is 2.29. The van der Waals surface area contributed by atoms with Gasteiger partial charge in [0, 0.05) is 45.0 Å². The Hall–Kier alpha value is -3.19. The molecule has 1 amide bonds. The Labute approximate surface area is 200 Å². The van der Waals surface area contributed by atoms with Crippen LogP contribution in [0.15, 0.2) is 29.3 Å². The van der Waals surface area contributed by atoms with Crippen LogP contribution in [0.25, 0.3) is 0 Å². The number of carbonyl (C=O) groups is 1. The van der Waals surface area contributed by atoms with Crippen LogP contribution >= 0.6 is 0 Å². The third-order valence-corrected chi connectivity index (χ3v) is 5.64. The number of carbonyl (C=O) groups excluding carboxylic acids is 1. The summed E-state index contributed by atoms with van der Waals surface area (Å²) in [5.41, 5.74) is 0.00640. The Morgan fingerprint density at radius 1 is 1.20 bits per heavy atom. The first kappa shape index (κ1) is 26.4. The summed E-state index contributed by atoms with van der Waals surface area (Å²) < 4.78 is 49.0. The number of piperazine rings is 1. The first-order valence-corrected chi connectivity index (χ1v) is 11.1. The molecule has 192 valence electrons. The van der Waals surface area contributed by atoms with Gasteiger partial charge in [-0.3, -0.25) is 9.59 Å². The van der Waals surface area contributed by atoms with Crippen LogP contribution in [0, 0.1) is 6.92 Å². The van der Waals surface area contributed by atoms with E-state index in [2.05, 4.69) is 20.5 Å². The van der Waals surface area contributed by atoms with Crippen LogP contribution in [0.5, 0.6) is 0 Å². The van der Waals surface area contributed by atoms with Gasteiger partial charge in [-0.25, -0.2) is 10.1 Å². The van der Waals surface area contributed by atoms with Crippen LogP contribution < -0.4 is 15.8 Å². The van der Waals surface area contributed by atoms with E-state index in [0.717, 1.165) is 12.3 Å². The molecule has 35 heavy (non-hydrogen) atoms. The van der Waals surface area contributed by atoms with Crippen LogP contribution in [-0.2, 0) is 20.4 Å². The minimum absolute atomic E-state index is 0.0593. The second kappa shape index (κ2) is 12.0. The molecule has 1 atom stereocenters. The molecule has 0 spiro atoms. The van der Waals surface area contributed by atoms with E-state index in [1.54, 1.807) is 18.9 Å². The minimum atomic E-state index is -4.42. The van der Waals surface area contributed by atoms with Gasteiger partial charge in [0.15, 0.2) is 0 Å². The molecule has 2 N–H and O–H groups in total. The maximum Gasteiger partial charge on any atom is 0.417 e. The highest BCUT2D eigenvalue weighted by Gasteiger charge is 2.31. The second-order valence-corrected chi connectivity index (χ2v) is 8.13. The van der Waals surface area contributed by atoms with Gasteiger partial charge in [-0.05, 0) is 19.1 Å². The van der Waals surface area contributed by atoms with E-state index in [1.165, 1.54) is 12.3 Å². The van der Waals surface area contributed by atoms with E-state index in [1.807, 2.05) is 4.90 Å². The molecule has 1 fully saturated rings. The number of aromatic amines is 1. The lowest BCUT2D eigenvalue weighted by Gasteiger charge is -2.35. The monoisotopic (exact) mass is 498 g/mol. The van der Waals surface area contributed by atoms with Crippen molar-refractivity contribution in [1.82, 2.24) is 20.1 Å². The summed E-state index contributed by atoms with van der Waals surface area (Å²) in [6, 6.07) is 2.12. The fraction of sp³-hybridized carbons (Fsp3) is 0.545. The van der Waals surface area contributed by atoms with Crippen molar-refractivity contribution in [2.24, 2.45) is 0 Å². The van der Waals surface area contributed by atoms with Crippen LogP contribution in [0.3, 0.4) is 0 Å². The summed E-state index contributed by atoms with van der Waals surface area (Å²) in [5.74, 6) is 0.395. The van der Waals surface area contributed by atoms with Gasteiger partial charge in [0.25, 0.3) is 5.56 Å². The van der Waals surface area contributed by atoms with Crippen molar-refractivity contribution in [3.63, 3.8) is 0 Å². The molecule has 0 saturated carbocycles. The van der Waals surface area contributed by atoms with Gasteiger partial charge in [-0.2, -0.15) is 18.3 Å². The topological polar surface area (TPSA) is 113 Å². The highest BCUT2D eigenvalue weighted by atomic mass is 19.4. The van der Waals surface area contributed by atoms with E-state index in [-0.39, 0.29) is 37.1 Å². The molecular weight excluding hydrogens is 469 g/mol. The molecular formula is C22H29F3N6O4. The van der Waals surface area contributed by atoms with Crippen molar-refractivity contribution >= 4 is 17.4 Å². The zero-order valence-corrected chi connectivity index (χ0v) is 19.6. The van der Waals surface area contributed by atoms with E-state index in [4.69, 9.17) is 9.47 Å². The Kier molecular flexibility index (Phi) is 9.04. The summed E-state index contributed by atoms with van der Waals surface area (Å²) in [7, 11) is 1.56. The van der Waals surface area contributed by atoms with Crippen molar-refractivity contribution in [1.29, 1.82) is 0 Å². The van der Waals surface area contributed by atoms with Crippen molar-refractivity contribution in [3.05, 3.63) is 46.0 Å². The highest BCUT2D eigenvalue weighted by molar-refractivity contribution is 5.76. The number of nitrogens with zero attached hydrogens (tertiary/aromatic N) is 4. The van der Waals surface area contributed by atoms with Crippen molar-refractivity contribution in [2.75, 3.05) is 63.3 Å². The van der Waals surface area contributed by atoms with Gasteiger partial charge in [-0.1, -0.05) is 0 Å². The lowest BCUT2D eigenvalue weighted by atomic mass is 10.2. The number of aromatic nitrogens is 3. The van der Waals surface area contributed by atoms with Gasteiger partial charge in [-0.15, -0.1) is 0 Å². The number of H-pyrrole nitrogens is 1. The summed E-state index contributed by atoms with van der Waals surface area (Å²) in [4.78, 5) is 31.7. The summed E-state index contributed by atoms with van der Waals surface area (Å²) in [6.45, 7) is 4.35. The van der Waals surface area contributed by atoms with Gasteiger partial charge in [0.05, 0.1) is 49.7 Å². The number of rotatable bonds is 10. The normalized spacial score (nSPS) is 15.2. The maximum atomic E-state index is 12.7. The standard InChI is InChI=1S/C22H29F3N6O4/c1-15-18(12-27-29-21(15)33)28-17(13-34-2)14-35-10-5-20(32)31-8-6-30(7-9-31)19-4-3-16(11-26-19)22(23,24)25/h3-4,11-12,17H,5-10,13-14H2,1-2H3,(H2,28,29,33)/t17-/m0/s1. The second-order valence-electron chi connectivity index (χ2n) is 8.13. The number of alkyl halides is 3. The fourth-order valence-electron chi connectivity index (χ4n) is 3.63. The molecule has 2 aromatic heterocycles. The molecule has 0 aliphatic carbocycles. The number of hydrogen-bond acceptors (Lipinski definition) is 8. The van der Waals surface area contributed by atoms with Crippen LogP contribution in [0.4, 0.5) is 24.7 Å². The van der Waals surface area contributed by atoms with Crippen LogP contribution in [-0.4, -0.2) is 85.1 Å². The number of amides is 1. The first-order chi connectivity index (χ1) is 16.7. The number of methoxy groups -OCH3 is 1.